The van der Waals surface area contributed by atoms with Gasteiger partial charge >= 0.3 is 5.82 Å². The lowest BCUT2D eigenvalue weighted by molar-refractivity contribution is -0.388. The van der Waals surface area contributed by atoms with E-state index in [-0.39, 0.29) is 11.5 Å². The van der Waals surface area contributed by atoms with Crippen molar-refractivity contribution in [2.24, 2.45) is 0 Å². The molecule has 1 aromatic rings. The Morgan fingerprint density at radius 2 is 2.40 bits per heavy atom. The molecule has 0 saturated carbocycles. The SMILES string of the molecule is C=C(OCC)c1ccc(N)c([N+](=O)[O-])n1. The number of nitrogens with two attached hydrogens (primary N) is 1. The van der Waals surface area contributed by atoms with Gasteiger partial charge in [0.05, 0.1) is 6.61 Å². The lowest BCUT2D eigenvalue weighted by atomic mass is 10.3. The van der Waals surface area contributed by atoms with Crippen molar-refractivity contribution in [3.8, 4) is 0 Å². The monoisotopic (exact) mass is 209 g/mol. The van der Waals surface area contributed by atoms with Crippen molar-refractivity contribution in [2.45, 2.75) is 6.92 Å². The van der Waals surface area contributed by atoms with E-state index in [1.165, 1.54) is 12.1 Å². The van der Waals surface area contributed by atoms with Crippen LogP contribution in [-0.4, -0.2) is 16.5 Å². The van der Waals surface area contributed by atoms with Gasteiger partial charge in [0.2, 0.25) is 5.69 Å². The topological polar surface area (TPSA) is 91.3 Å². The number of rotatable bonds is 4. The van der Waals surface area contributed by atoms with Crippen molar-refractivity contribution < 1.29 is 9.66 Å². The Morgan fingerprint density at radius 1 is 1.73 bits per heavy atom. The van der Waals surface area contributed by atoms with E-state index >= 15 is 0 Å². The summed E-state index contributed by atoms with van der Waals surface area (Å²) in [6, 6.07) is 2.94. The van der Waals surface area contributed by atoms with Gasteiger partial charge in [-0.25, -0.2) is 0 Å². The van der Waals surface area contributed by atoms with Gasteiger partial charge in [-0.3, -0.25) is 0 Å². The molecule has 0 radical (unpaired) electrons. The van der Waals surface area contributed by atoms with E-state index in [0.717, 1.165) is 0 Å². The number of nitrogen functional groups attached to an aromatic ring is 1. The molecule has 0 aliphatic carbocycles. The molecule has 0 aromatic carbocycles. The van der Waals surface area contributed by atoms with Gasteiger partial charge in [0.25, 0.3) is 0 Å². The first-order valence-electron chi connectivity index (χ1n) is 4.29. The summed E-state index contributed by atoms with van der Waals surface area (Å²) in [5.74, 6) is -0.0889. The second-order valence-corrected chi connectivity index (χ2v) is 2.72. The molecule has 1 rings (SSSR count). The number of anilines is 1. The van der Waals surface area contributed by atoms with Crippen LogP contribution >= 0.6 is 0 Å². The van der Waals surface area contributed by atoms with E-state index in [0.29, 0.717) is 18.1 Å². The van der Waals surface area contributed by atoms with Gasteiger partial charge in [-0.05, 0) is 29.0 Å². The lowest BCUT2D eigenvalue weighted by Crippen LogP contribution is -2.02. The number of nitrogens with zero attached hydrogens (tertiary/aromatic N) is 2. The quantitative estimate of drug-likeness (QED) is 0.461. The number of ether oxygens (including phenoxy) is 1. The van der Waals surface area contributed by atoms with Crippen LogP contribution in [0.15, 0.2) is 18.7 Å². The van der Waals surface area contributed by atoms with Crippen LogP contribution in [0.4, 0.5) is 11.5 Å². The van der Waals surface area contributed by atoms with E-state index in [4.69, 9.17) is 10.5 Å². The average molecular weight is 209 g/mol. The standard InChI is InChI=1S/C9H11N3O3/c1-3-15-6(2)8-5-4-7(10)9(11-8)12(13)14/h4-5H,2-3,10H2,1H3. The van der Waals surface area contributed by atoms with Crippen molar-refractivity contribution in [3.63, 3.8) is 0 Å². The molecule has 0 aliphatic heterocycles. The first-order valence-corrected chi connectivity index (χ1v) is 4.29. The van der Waals surface area contributed by atoms with E-state index in [9.17, 15) is 10.1 Å². The summed E-state index contributed by atoms with van der Waals surface area (Å²) >= 11 is 0. The first-order chi connectivity index (χ1) is 7.06. The maximum atomic E-state index is 10.5. The van der Waals surface area contributed by atoms with Gasteiger partial charge in [-0.15, -0.1) is 0 Å². The fourth-order valence-corrected chi connectivity index (χ4v) is 1.01. The van der Waals surface area contributed by atoms with Crippen LogP contribution in [0.1, 0.15) is 12.6 Å². The molecule has 0 spiro atoms. The largest absolute Gasteiger partial charge is 0.490 e. The Kier molecular flexibility index (Phi) is 3.22. The van der Waals surface area contributed by atoms with Gasteiger partial charge in [0, 0.05) is 0 Å². The number of pyridine rings is 1. The highest BCUT2D eigenvalue weighted by Gasteiger charge is 2.17. The number of aromatic nitrogens is 1. The maximum Gasteiger partial charge on any atom is 0.387 e. The van der Waals surface area contributed by atoms with Gasteiger partial charge in [0.15, 0.2) is 5.76 Å². The molecule has 80 valence electrons. The summed E-state index contributed by atoms with van der Waals surface area (Å²) in [5, 5.41) is 10.5. The minimum absolute atomic E-state index is 0.0213. The summed E-state index contributed by atoms with van der Waals surface area (Å²) in [6.45, 7) is 5.81. The average Bonchev–Trinajstić information content (AvgIpc) is 2.18. The highest BCUT2D eigenvalue weighted by Crippen LogP contribution is 2.21. The molecule has 0 atom stereocenters. The summed E-state index contributed by atoms with van der Waals surface area (Å²) in [4.78, 5) is 13.6. The van der Waals surface area contributed by atoms with Crippen LogP contribution in [-0.2, 0) is 4.74 Å². The Hall–Kier alpha value is -2.11. The molecule has 1 aromatic heterocycles. The molecule has 6 heteroatoms. The van der Waals surface area contributed by atoms with Crippen LogP contribution in [0.5, 0.6) is 0 Å². The minimum Gasteiger partial charge on any atom is -0.490 e. The van der Waals surface area contributed by atoms with Crippen molar-refractivity contribution in [1.29, 1.82) is 0 Å². The third kappa shape index (κ3) is 2.43. The Morgan fingerprint density at radius 3 is 2.93 bits per heavy atom. The molecule has 0 aliphatic rings. The molecule has 0 unspecified atom stereocenters. The predicted molar refractivity (Wildman–Crippen MR) is 56.0 cm³/mol. The van der Waals surface area contributed by atoms with Gasteiger partial charge in [0.1, 0.15) is 5.69 Å². The van der Waals surface area contributed by atoms with Crippen LogP contribution in [0.3, 0.4) is 0 Å². The predicted octanol–water partition coefficient (Wildman–Crippen LogP) is 1.58. The molecule has 2 N–H and O–H groups in total. The van der Waals surface area contributed by atoms with E-state index in [1.807, 2.05) is 0 Å². The molecule has 0 fully saturated rings. The van der Waals surface area contributed by atoms with Gasteiger partial charge in [-0.1, -0.05) is 6.58 Å². The molecule has 15 heavy (non-hydrogen) atoms. The summed E-state index contributed by atoms with van der Waals surface area (Å²) in [7, 11) is 0. The van der Waals surface area contributed by atoms with Crippen molar-refractivity contribution >= 4 is 17.3 Å². The normalized spacial score (nSPS) is 9.67. The van der Waals surface area contributed by atoms with Crippen LogP contribution in [0, 0.1) is 10.1 Å². The highest BCUT2D eigenvalue weighted by atomic mass is 16.6. The molecule has 6 nitrogen and oxygen atoms in total. The van der Waals surface area contributed by atoms with Crippen LogP contribution in [0.25, 0.3) is 5.76 Å². The fourth-order valence-electron chi connectivity index (χ4n) is 1.01. The first kappa shape index (κ1) is 11.0. The third-order valence-electron chi connectivity index (χ3n) is 1.68. The Balaban J connectivity index is 3.07. The zero-order chi connectivity index (χ0) is 11.4. The maximum absolute atomic E-state index is 10.5. The second kappa shape index (κ2) is 4.41. The smallest absolute Gasteiger partial charge is 0.387 e. The van der Waals surface area contributed by atoms with Crippen LogP contribution < -0.4 is 5.73 Å². The van der Waals surface area contributed by atoms with Gasteiger partial charge < -0.3 is 20.6 Å². The summed E-state index contributed by atoms with van der Waals surface area (Å²) in [5.41, 5.74) is 5.73. The van der Waals surface area contributed by atoms with Crippen molar-refractivity contribution in [2.75, 3.05) is 12.3 Å². The summed E-state index contributed by atoms with van der Waals surface area (Å²) < 4.78 is 5.08. The van der Waals surface area contributed by atoms with E-state index in [2.05, 4.69) is 11.6 Å². The number of hydrogen-bond acceptors (Lipinski definition) is 5. The molecule has 0 amide bonds. The molecule has 0 bridgehead atoms. The Labute approximate surface area is 86.5 Å². The molecule has 1 heterocycles. The third-order valence-corrected chi connectivity index (χ3v) is 1.68. The second-order valence-electron chi connectivity index (χ2n) is 2.72. The summed E-state index contributed by atoms with van der Waals surface area (Å²) in [6.07, 6.45) is 0. The molecular formula is C9H11N3O3. The number of nitro groups is 1. The lowest BCUT2D eigenvalue weighted by Gasteiger charge is -2.03. The van der Waals surface area contributed by atoms with Gasteiger partial charge in [-0.2, -0.15) is 0 Å². The molecule has 0 saturated heterocycles. The van der Waals surface area contributed by atoms with Crippen molar-refractivity contribution in [3.05, 3.63) is 34.5 Å². The Bertz CT molecular complexity index is 404. The van der Waals surface area contributed by atoms with Crippen molar-refractivity contribution in [1.82, 2.24) is 4.98 Å². The minimum atomic E-state index is -0.641. The highest BCUT2D eigenvalue weighted by molar-refractivity contribution is 5.61. The van der Waals surface area contributed by atoms with Crippen LogP contribution in [0.2, 0.25) is 0 Å². The van der Waals surface area contributed by atoms with E-state index in [1.54, 1.807) is 6.92 Å². The van der Waals surface area contributed by atoms with E-state index < -0.39 is 4.92 Å². The fraction of sp³-hybridized carbons (Fsp3) is 0.222. The number of hydrogen-bond donors (Lipinski definition) is 1. The molecular weight excluding hydrogens is 198 g/mol. The zero-order valence-corrected chi connectivity index (χ0v) is 8.27. The zero-order valence-electron chi connectivity index (χ0n) is 8.27.